The number of rotatable bonds is 8. The number of imidazole rings is 1. The lowest BCUT2D eigenvalue weighted by Crippen LogP contribution is -2.28. The van der Waals surface area contributed by atoms with E-state index in [1.165, 1.54) is 22.1 Å². The van der Waals surface area contributed by atoms with Crippen molar-refractivity contribution < 1.29 is 9.18 Å². The van der Waals surface area contributed by atoms with Crippen molar-refractivity contribution in [2.45, 2.75) is 25.4 Å². The van der Waals surface area contributed by atoms with Crippen LogP contribution in [0.1, 0.15) is 23.9 Å². The maximum absolute atomic E-state index is 15.3. The first-order valence-electron chi connectivity index (χ1n) is 11.9. The van der Waals surface area contributed by atoms with Crippen LogP contribution in [0.4, 0.5) is 15.3 Å². The monoisotopic (exact) mass is 517 g/mol. The normalized spacial score (nSPS) is 13.6. The minimum absolute atomic E-state index is 0.320. The number of nitrogens with zero attached hydrogens (tertiary/aromatic N) is 6. The zero-order valence-electron chi connectivity index (χ0n) is 19.8. The van der Waals surface area contributed by atoms with Crippen LogP contribution >= 0.6 is 11.3 Å². The summed E-state index contributed by atoms with van der Waals surface area (Å²) in [6.45, 7) is 1.97. The molecule has 0 spiro atoms. The van der Waals surface area contributed by atoms with E-state index in [1.807, 2.05) is 12.1 Å². The number of pyridine rings is 1. The largest absolute Gasteiger partial charge is 0.369 e. The van der Waals surface area contributed by atoms with E-state index in [0.29, 0.717) is 46.2 Å². The predicted molar refractivity (Wildman–Crippen MR) is 140 cm³/mol. The van der Waals surface area contributed by atoms with Crippen molar-refractivity contribution >= 4 is 39.1 Å². The van der Waals surface area contributed by atoms with Crippen LogP contribution in [0.2, 0.25) is 0 Å². The van der Waals surface area contributed by atoms with Gasteiger partial charge in [0, 0.05) is 54.9 Å². The summed E-state index contributed by atoms with van der Waals surface area (Å²) in [5.74, 6) is -0.0681. The number of anilines is 2. The second-order valence-electron chi connectivity index (χ2n) is 8.75. The third-order valence-corrected chi connectivity index (χ3v) is 7.05. The highest BCUT2D eigenvalue weighted by molar-refractivity contribution is 7.13. The summed E-state index contributed by atoms with van der Waals surface area (Å²) in [5.41, 5.74) is 8.96. The fraction of sp³-hybridized carbons (Fsp3) is 0.240. The fourth-order valence-corrected chi connectivity index (χ4v) is 5.16. The van der Waals surface area contributed by atoms with Crippen LogP contribution in [0.5, 0.6) is 0 Å². The van der Waals surface area contributed by atoms with Gasteiger partial charge in [0.1, 0.15) is 11.6 Å². The predicted octanol–water partition coefficient (Wildman–Crippen LogP) is 3.44. The van der Waals surface area contributed by atoms with Gasteiger partial charge in [-0.3, -0.25) is 14.8 Å². The molecule has 0 saturated carbocycles. The summed E-state index contributed by atoms with van der Waals surface area (Å²) < 4.78 is 18.9. The van der Waals surface area contributed by atoms with Gasteiger partial charge in [-0.05, 0) is 42.7 Å². The third kappa shape index (κ3) is 4.45. The van der Waals surface area contributed by atoms with Gasteiger partial charge in [0.25, 0.3) is 5.91 Å². The van der Waals surface area contributed by atoms with Gasteiger partial charge in [0.15, 0.2) is 11.2 Å². The lowest BCUT2D eigenvalue weighted by molar-refractivity contribution is -0.118. The zero-order valence-corrected chi connectivity index (χ0v) is 20.6. The number of aryl methyl sites for hydroxylation is 1. The average molecular weight is 518 g/mol. The Morgan fingerprint density at radius 1 is 1.22 bits per heavy atom. The zero-order chi connectivity index (χ0) is 25.4. The Hall–Kier alpha value is -4.16. The molecule has 4 N–H and O–H groups in total. The molecule has 0 fully saturated rings. The highest BCUT2D eigenvalue weighted by Crippen LogP contribution is 2.31. The number of halogens is 1. The smallest absolute Gasteiger partial charge is 0.257 e. The van der Waals surface area contributed by atoms with Crippen molar-refractivity contribution in [2.24, 2.45) is 5.73 Å². The number of nitrogens with one attached hydrogen (secondary N) is 2. The number of amides is 1. The van der Waals surface area contributed by atoms with Crippen LogP contribution in [0, 0.1) is 5.82 Å². The fourth-order valence-electron chi connectivity index (χ4n) is 4.63. The van der Waals surface area contributed by atoms with Crippen molar-refractivity contribution in [2.75, 3.05) is 23.7 Å². The molecule has 0 radical (unpaired) electrons. The van der Waals surface area contributed by atoms with Gasteiger partial charge in [-0.1, -0.05) is 0 Å². The highest BCUT2D eigenvalue weighted by Gasteiger charge is 2.32. The van der Waals surface area contributed by atoms with Gasteiger partial charge < -0.3 is 15.6 Å². The lowest BCUT2D eigenvalue weighted by atomic mass is 10.1. The molecule has 4 aromatic heterocycles. The van der Waals surface area contributed by atoms with E-state index in [1.54, 1.807) is 36.4 Å². The van der Waals surface area contributed by atoms with E-state index in [-0.39, 0.29) is 5.91 Å². The van der Waals surface area contributed by atoms with Gasteiger partial charge in [-0.25, -0.2) is 19.3 Å². The molecule has 1 unspecified atom stereocenters. The van der Waals surface area contributed by atoms with Crippen LogP contribution in [0.15, 0.2) is 54.6 Å². The molecule has 0 bridgehead atoms. The molecule has 1 aromatic carbocycles. The summed E-state index contributed by atoms with van der Waals surface area (Å²) in [7, 11) is 0. The summed E-state index contributed by atoms with van der Waals surface area (Å²) in [6.07, 6.45) is 8.42. The number of carbonyl (C=O) groups excluding carboxylic acids is 1. The molecule has 12 heteroatoms. The molecule has 1 aliphatic rings. The average Bonchev–Trinajstić information content (AvgIpc) is 3.69. The summed E-state index contributed by atoms with van der Waals surface area (Å²) in [5, 5.41) is 13.2. The molecular formula is C25H24FN9OS. The van der Waals surface area contributed by atoms with Crippen molar-refractivity contribution in [1.29, 1.82) is 0 Å². The van der Waals surface area contributed by atoms with E-state index in [4.69, 9.17) is 5.73 Å². The Balaban J connectivity index is 1.38. The molecule has 5 heterocycles. The molecule has 10 nitrogen and oxygen atoms in total. The molecule has 6 rings (SSSR count). The molecule has 188 valence electrons. The molecule has 1 aliphatic heterocycles. The van der Waals surface area contributed by atoms with Crippen LogP contribution in [0.3, 0.4) is 0 Å². The van der Waals surface area contributed by atoms with Crippen molar-refractivity contribution in [1.82, 2.24) is 29.3 Å². The molecule has 1 atom stereocenters. The van der Waals surface area contributed by atoms with Crippen molar-refractivity contribution in [3.63, 3.8) is 0 Å². The Labute approximate surface area is 215 Å². The molecule has 1 amide bonds. The SMILES string of the molecule is NCCNc1ccc(-c2cc(F)c3cn(C(C(=O)Nc4nccs4)c4ncn5c4CCC5)nc3c2)cn1. The molecule has 5 aromatic rings. The van der Waals surface area contributed by atoms with Crippen LogP contribution in [-0.4, -0.2) is 48.3 Å². The van der Waals surface area contributed by atoms with Crippen LogP contribution < -0.4 is 16.4 Å². The second-order valence-corrected chi connectivity index (χ2v) is 9.64. The Bertz CT molecular complexity index is 1560. The minimum Gasteiger partial charge on any atom is -0.369 e. The minimum atomic E-state index is -0.872. The summed E-state index contributed by atoms with van der Waals surface area (Å²) >= 11 is 1.32. The van der Waals surface area contributed by atoms with E-state index in [2.05, 4.69) is 35.3 Å². The first-order chi connectivity index (χ1) is 18.1. The highest BCUT2D eigenvalue weighted by atomic mass is 32.1. The molecule has 0 saturated heterocycles. The second kappa shape index (κ2) is 9.71. The Morgan fingerprint density at radius 2 is 2.14 bits per heavy atom. The van der Waals surface area contributed by atoms with Gasteiger partial charge in [-0.2, -0.15) is 5.10 Å². The number of benzene rings is 1. The quantitative estimate of drug-likeness (QED) is 0.288. The van der Waals surface area contributed by atoms with Crippen molar-refractivity contribution in [3.8, 4) is 11.1 Å². The van der Waals surface area contributed by atoms with Gasteiger partial charge in [-0.15, -0.1) is 11.3 Å². The van der Waals surface area contributed by atoms with Gasteiger partial charge in [0.2, 0.25) is 0 Å². The van der Waals surface area contributed by atoms with Crippen LogP contribution in [-0.2, 0) is 17.8 Å². The number of hydrogen-bond acceptors (Lipinski definition) is 8. The summed E-state index contributed by atoms with van der Waals surface area (Å²) in [4.78, 5) is 26.6. The van der Waals surface area contributed by atoms with Crippen LogP contribution in [0.25, 0.3) is 22.0 Å². The Morgan fingerprint density at radius 3 is 2.92 bits per heavy atom. The van der Waals surface area contributed by atoms with E-state index in [9.17, 15) is 4.79 Å². The number of carbonyl (C=O) groups is 1. The molecule has 37 heavy (non-hydrogen) atoms. The number of hydrogen-bond donors (Lipinski definition) is 3. The summed E-state index contributed by atoms with van der Waals surface area (Å²) in [6, 6.07) is 6.07. The van der Waals surface area contributed by atoms with Crippen molar-refractivity contribution in [3.05, 3.63) is 71.8 Å². The van der Waals surface area contributed by atoms with Gasteiger partial charge >= 0.3 is 0 Å². The molecular weight excluding hydrogens is 493 g/mol. The maximum Gasteiger partial charge on any atom is 0.257 e. The van der Waals surface area contributed by atoms with E-state index in [0.717, 1.165) is 30.6 Å². The number of aromatic nitrogens is 6. The number of fused-ring (bicyclic) bond motifs is 2. The standard InChI is InChI=1S/C25H24FN9OS/c26-18-10-16(15-3-4-21(30-12-15)28-6-5-27)11-19-17(18)13-35(33-19)23(24(36)32-25-29-7-9-37-25)22-20-2-1-8-34(20)14-31-22/h3-4,7,9-14,23H,1-2,5-6,8,27H2,(H,28,30)(H,29,32,36). The first-order valence-corrected chi connectivity index (χ1v) is 12.8. The first kappa shape index (κ1) is 23.3. The Kier molecular flexibility index (Phi) is 6.10. The third-order valence-electron chi connectivity index (χ3n) is 6.37. The van der Waals surface area contributed by atoms with Gasteiger partial charge in [0.05, 0.1) is 22.9 Å². The topological polar surface area (TPSA) is 129 Å². The molecule has 0 aliphatic carbocycles. The van der Waals surface area contributed by atoms with E-state index < -0.39 is 11.9 Å². The number of thiazole rings is 1. The van der Waals surface area contributed by atoms with E-state index >= 15 is 4.39 Å². The number of nitrogens with two attached hydrogens (primary N) is 1. The lowest BCUT2D eigenvalue weighted by Gasteiger charge is -2.16. The maximum atomic E-state index is 15.3.